The summed E-state index contributed by atoms with van der Waals surface area (Å²) in [7, 11) is 4.07. The molecule has 0 unspecified atom stereocenters. The van der Waals surface area contributed by atoms with E-state index in [1.54, 1.807) is 0 Å². The zero-order chi connectivity index (χ0) is 9.84. The molecule has 13 heavy (non-hydrogen) atoms. The summed E-state index contributed by atoms with van der Waals surface area (Å²) in [5, 5.41) is 0. The Morgan fingerprint density at radius 1 is 1.46 bits per heavy atom. The number of hydrogen-bond donors (Lipinski definition) is 1. The highest BCUT2D eigenvalue weighted by molar-refractivity contribution is 7.80. The second-order valence-corrected chi connectivity index (χ2v) is 3.74. The second kappa shape index (κ2) is 4.35. The summed E-state index contributed by atoms with van der Waals surface area (Å²) in [6.07, 6.45) is 0. The molecule has 2 N–H and O–H groups in total. The van der Waals surface area contributed by atoms with Crippen LogP contribution < -0.4 is 5.73 Å². The molecule has 0 aliphatic rings. The van der Waals surface area contributed by atoms with Crippen LogP contribution in [-0.2, 0) is 6.54 Å². The van der Waals surface area contributed by atoms with Crippen LogP contribution in [0, 0.1) is 0 Å². The van der Waals surface area contributed by atoms with Crippen LogP contribution in [0.5, 0.6) is 0 Å². The first-order valence-corrected chi connectivity index (χ1v) is 4.54. The van der Waals surface area contributed by atoms with Gasteiger partial charge in [0.15, 0.2) is 0 Å². The maximum atomic E-state index is 5.53. The molecule has 0 aliphatic heterocycles. The van der Waals surface area contributed by atoms with Crippen molar-refractivity contribution < 1.29 is 0 Å². The van der Waals surface area contributed by atoms with Gasteiger partial charge in [-0.2, -0.15) is 0 Å². The van der Waals surface area contributed by atoms with Crippen molar-refractivity contribution in [3.8, 4) is 0 Å². The van der Waals surface area contributed by atoms with Gasteiger partial charge in [0.1, 0.15) is 4.99 Å². The Balaban J connectivity index is 2.85. The van der Waals surface area contributed by atoms with Crippen LogP contribution in [-0.4, -0.2) is 24.0 Å². The predicted octanol–water partition coefficient (Wildman–Crippen LogP) is 1.38. The molecule has 0 saturated carbocycles. The van der Waals surface area contributed by atoms with Crippen molar-refractivity contribution in [1.29, 1.82) is 0 Å². The topological polar surface area (TPSA) is 29.3 Å². The lowest BCUT2D eigenvalue weighted by Crippen LogP contribution is -2.13. The highest BCUT2D eigenvalue weighted by Gasteiger charge is 1.98. The zero-order valence-electron chi connectivity index (χ0n) is 7.95. The zero-order valence-corrected chi connectivity index (χ0v) is 8.77. The Kier molecular flexibility index (Phi) is 3.39. The molecule has 0 bridgehead atoms. The fourth-order valence-electron chi connectivity index (χ4n) is 1.19. The highest BCUT2D eigenvalue weighted by Crippen LogP contribution is 2.06. The fourth-order valence-corrected chi connectivity index (χ4v) is 1.32. The minimum Gasteiger partial charge on any atom is -0.389 e. The lowest BCUT2D eigenvalue weighted by Gasteiger charge is -2.10. The van der Waals surface area contributed by atoms with Gasteiger partial charge in [0.05, 0.1) is 0 Å². The van der Waals surface area contributed by atoms with Gasteiger partial charge in [-0.05, 0) is 25.7 Å². The van der Waals surface area contributed by atoms with Crippen LogP contribution in [0.25, 0.3) is 0 Å². The molecule has 0 fully saturated rings. The summed E-state index contributed by atoms with van der Waals surface area (Å²) in [5.41, 5.74) is 7.70. The third-order valence-corrected chi connectivity index (χ3v) is 1.95. The maximum absolute atomic E-state index is 5.53. The SMILES string of the molecule is CN(C)Cc1cccc(C(N)=S)c1. The van der Waals surface area contributed by atoms with Crippen molar-refractivity contribution in [1.82, 2.24) is 4.90 Å². The summed E-state index contributed by atoms with van der Waals surface area (Å²) in [4.78, 5) is 2.57. The van der Waals surface area contributed by atoms with Gasteiger partial charge in [-0.3, -0.25) is 0 Å². The third-order valence-electron chi connectivity index (χ3n) is 1.71. The van der Waals surface area contributed by atoms with E-state index >= 15 is 0 Å². The van der Waals surface area contributed by atoms with Crippen LogP contribution in [0.1, 0.15) is 11.1 Å². The standard InChI is InChI=1S/C10H14N2S/c1-12(2)7-8-4-3-5-9(6-8)10(11)13/h3-6H,7H2,1-2H3,(H2,11,13). The second-order valence-electron chi connectivity index (χ2n) is 3.30. The first kappa shape index (κ1) is 10.2. The Morgan fingerprint density at radius 2 is 2.15 bits per heavy atom. The predicted molar refractivity (Wildman–Crippen MR) is 59.7 cm³/mol. The number of nitrogens with zero attached hydrogens (tertiary/aromatic N) is 1. The smallest absolute Gasteiger partial charge is 0.103 e. The summed E-state index contributed by atoms with van der Waals surface area (Å²) >= 11 is 4.90. The van der Waals surface area contributed by atoms with Crippen molar-refractivity contribution in [2.75, 3.05) is 14.1 Å². The number of thiocarbonyl (C=S) groups is 1. The molecule has 1 aromatic rings. The van der Waals surface area contributed by atoms with E-state index in [0.29, 0.717) is 4.99 Å². The largest absolute Gasteiger partial charge is 0.389 e. The van der Waals surface area contributed by atoms with E-state index in [4.69, 9.17) is 18.0 Å². The van der Waals surface area contributed by atoms with Gasteiger partial charge in [0.2, 0.25) is 0 Å². The molecule has 0 saturated heterocycles. The van der Waals surface area contributed by atoms with Gasteiger partial charge in [0, 0.05) is 12.1 Å². The number of nitrogens with two attached hydrogens (primary N) is 1. The van der Waals surface area contributed by atoms with Crippen LogP contribution in [0.15, 0.2) is 24.3 Å². The van der Waals surface area contributed by atoms with Gasteiger partial charge in [-0.15, -0.1) is 0 Å². The monoisotopic (exact) mass is 194 g/mol. The van der Waals surface area contributed by atoms with Gasteiger partial charge < -0.3 is 10.6 Å². The first-order valence-electron chi connectivity index (χ1n) is 4.13. The van der Waals surface area contributed by atoms with Crippen molar-refractivity contribution in [3.63, 3.8) is 0 Å². The van der Waals surface area contributed by atoms with Crippen molar-refractivity contribution in [3.05, 3.63) is 35.4 Å². The average molecular weight is 194 g/mol. The summed E-state index contributed by atoms with van der Waals surface area (Å²) in [5.74, 6) is 0. The number of benzene rings is 1. The Labute approximate surface area is 84.3 Å². The average Bonchev–Trinajstić information content (AvgIpc) is 2.03. The van der Waals surface area contributed by atoms with E-state index in [1.807, 2.05) is 32.3 Å². The quantitative estimate of drug-likeness (QED) is 0.737. The van der Waals surface area contributed by atoms with Crippen LogP contribution >= 0.6 is 12.2 Å². The van der Waals surface area contributed by atoms with Gasteiger partial charge in [-0.1, -0.05) is 30.4 Å². The Morgan fingerprint density at radius 3 is 2.69 bits per heavy atom. The lowest BCUT2D eigenvalue weighted by molar-refractivity contribution is 0.402. The molecule has 0 atom stereocenters. The van der Waals surface area contributed by atoms with Crippen molar-refractivity contribution >= 4 is 17.2 Å². The molecular weight excluding hydrogens is 180 g/mol. The molecule has 1 rings (SSSR count). The van der Waals surface area contributed by atoms with Gasteiger partial charge >= 0.3 is 0 Å². The normalized spacial score (nSPS) is 10.4. The molecule has 0 amide bonds. The number of rotatable bonds is 3. The summed E-state index contributed by atoms with van der Waals surface area (Å²) in [6.45, 7) is 0.913. The van der Waals surface area contributed by atoms with E-state index in [9.17, 15) is 0 Å². The molecule has 2 nitrogen and oxygen atoms in total. The number of hydrogen-bond acceptors (Lipinski definition) is 2. The minimum absolute atomic E-state index is 0.459. The molecule has 1 aromatic carbocycles. The fraction of sp³-hybridized carbons (Fsp3) is 0.300. The molecule has 0 heterocycles. The van der Waals surface area contributed by atoms with E-state index < -0.39 is 0 Å². The van der Waals surface area contributed by atoms with Crippen molar-refractivity contribution in [2.45, 2.75) is 6.54 Å². The lowest BCUT2D eigenvalue weighted by atomic mass is 10.1. The van der Waals surface area contributed by atoms with Crippen LogP contribution in [0.4, 0.5) is 0 Å². The molecule has 0 spiro atoms. The summed E-state index contributed by atoms with van der Waals surface area (Å²) < 4.78 is 0. The molecule has 0 aliphatic carbocycles. The van der Waals surface area contributed by atoms with E-state index in [1.165, 1.54) is 5.56 Å². The Bertz CT molecular complexity index is 308. The van der Waals surface area contributed by atoms with Crippen LogP contribution in [0.3, 0.4) is 0 Å². The minimum atomic E-state index is 0.459. The van der Waals surface area contributed by atoms with E-state index in [0.717, 1.165) is 12.1 Å². The van der Waals surface area contributed by atoms with Gasteiger partial charge in [-0.25, -0.2) is 0 Å². The highest BCUT2D eigenvalue weighted by atomic mass is 32.1. The van der Waals surface area contributed by atoms with E-state index in [-0.39, 0.29) is 0 Å². The molecule has 3 heteroatoms. The van der Waals surface area contributed by atoms with Gasteiger partial charge in [0.25, 0.3) is 0 Å². The molecule has 0 aromatic heterocycles. The third kappa shape index (κ3) is 3.13. The molecular formula is C10H14N2S. The van der Waals surface area contributed by atoms with Crippen LogP contribution in [0.2, 0.25) is 0 Å². The molecule has 70 valence electrons. The maximum Gasteiger partial charge on any atom is 0.103 e. The van der Waals surface area contributed by atoms with Crippen molar-refractivity contribution in [2.24, 2.45) is 5.73 Å². The Hall–Kier alpha value is -0.930. The molecule has 0 radical (unpaired) electrons. The summed E-state index contributed by atoms with van der Waals surface area (Å²) in [6, 6.07) is 8.01. The van der Waals surface area contributed by atoms with E-state index in [2.05, 4.69) is 11.0 Å². The first-order chi connectivity index (χ1) is 6.09.